The Morgan fingerprint density at radius 1 is 1.23 bits per heavy atom. The Hall–Kier alpha value is -2.12. The van der Waals surface area contributed by atoms with E-state index < -0.39 is 5.60 Å². The predicted octanol–water partition coefficient (Wildman–Crippen LogP) is 3.24. The van der Waals surface area contributed by atoms with E-state index >= 15 is 0 Å². The van der Waals surface area contributed by atoms with Gasteiger partial charge < -0.3 is 15.0 Å². The summed E-state index contributed by atoms with van der Waals surface area (Å²) >= 11 is 0. The van der Waals surface area contributed by atoms with Gasteiger partial charge in [-0.15, -0.1) is 0 Å². The molecule has 0 bridgehead atoms. The molecular formula is C23H35N5O2. The van der Waals surface area contributed by atoms with Crippen LogP contribution in [0.3, 0.4) is 0 Å². The Balaban J connectivity index is 1.46. The molecule has 1 N–H and O–H groups in total. The van der Waals surface area contributed by atoms with Gasteiger partial charge in [-0.3, -0.25) is 4.90 Å². The average Bonchev–Trinajstić information content (AvgIpc) is 3.36. The van der Waals surface area contributed by atoms with Crippen LogP contribution in [0.1, 0.15) is 57.2 Å². The van der Waals surface area contributed by atoms with Crippen LogP contribution in [0, 0.1) is 0 Å². The first-order chi connectivity index (χ1) is 14.4. The molecule has 2 aliphatic rings. The van der Waals surface area contributed by atoms with Gasteiger partial charge in [-0.05, 0) is 77.7 Å². The highest BCUT2D eigenvalue weighted by Gasteiger charge is 2.33. The summed E-state index contributed by atoms with van der Waals surface area (Å²) in [5.74, 6) is 0. The third kappa shape index (κ3) is 4.95. The largest absolute Gasteiger partial charge is 0.444 e. The Labute approximate surface area is 179 Å². The second kappa shape index (κ2) is 8.94. The number of fused-ring (bicyclic) bond motifs is 1. The first-order valence-corrected chi connectivity index (χ1v) is 11.3. The summed E-state index contributed by atoms with van der Waals surface area (Å²) in [6.07, 6.45) is 8.72. The number of piperazine rings is 1. The molecule has 2 fully saturated rings. The van der Waals surface area contributed by atoms with Crippen LogP contribution in [0.4, 0.5) is 4.79 Å². The highest BCUT2D eigenvalue weighted by atomic mass is 16.6. The lowest BCUT2D eigenvalue weighted by atomic mass is 10.0. The standard InChI is InChI=1S/C23H35N5O2/c1-23(2,3)30-22(29)27-14-10-24-16-21(27)19-15-25-28-17-18(8-9-20(19)28)7-6-13-26-11-4-5-12-26/h8-9,15,17,21,24H,4-7,10-14,16H2,1-3H3. The second-order valence-electron chi connectivity index (χ2n) is 9.51. The van der Waals surface area contributed by atoms with Gasteiger partial charge in [0.2, 0.25) is 0 Å². The molecule has 2 saturated heterocycles. The van der Waals surface area contributed by atoms with Crippen molar-refractivity contribution in [1.29, 1.82) is 0 Å². The zero-order chi connectivity index (χ0) is 21.1. The number of hydrogen-bond acceptors (Lipinski definition) is 5. The van der Waals surface area contributed by atoms with Crippen molar-refractivity contribution in [2.75, 3.05) is 39.3 Å². The fourth-order valence-corrected chi connectivity index (χ4v) is 4.49. The zero-order valence-electron chi connectivity index (χ0n) is 18.6. The minimum absolute atomic E-state index is 0.0767. The van der Waals surface area contributed by atoms with E-state index in [1.54, 1.807) is 0 Å². The summed E-state index contributed by atoms with van der Waals surface area (Å²) in [7, 11) is 0. The Bertz CT molecular complexity index is 866. The van der Waals surface area contributed by atoms with Crippen molar-refractivity contribution >= 4 is 11.6 Å². The molecule has 1 amide bonds. The summed E-state index contributed by atoms with van der Waals surface area (Å²) in [6, 6.07) is 4.28. The van der Waals surface area contributed by atoms with E-state index in [9.17, 15) is 4.79 Å². The number of nitrogens with one attached hydrogen (secondary N) is 1. The number of aryl methyl sites for hydroxylation is 1. The fraction of sp³-hybridized carbons (Fsp3) is 0.652. The molecule has 0 spiro atoms. The highest BCUT2D eigenvalue weighted by molar-refractivity contribution is 5.70. The normalized spacial score (nSPS) is 20.8. The second-order valence-corrected chi connectivity index (χ2v) is 9.51. The number of hydrogen-bond donors (Lipinski definition) is 1. The molecule has 0 radical (unpaired) electrons. The molecule has 1 unspecified atom stereocenters. The lowest BCUT2D eigenvalue weighted by molar-refractivity contribution is 0.0119. The molecule has 2 aromatic heterocycles. The number of carbonyl (C=O) groups excluding carboxylic acids is 1. The smallest absolute Gasteiger partial charge is 0.410 e. The van der Waals surface area contributed by atoms with E-state index in [0.29, 0.717) is 13.1 Å². The number of likely N-dealkylation sites (tertiary alicyclic amines) is 1. The molecule has 7 nitrogen and oxygen atoms in total. The molecular weight excluding hydrogens is 378 g/mol. The van der Waals surface area contributed by atoms with Gasteiger partial charge in [0.1, 0.15) is 5.60 Å². The summed E-state index contributed by atoms with van der Waals surface area (Å²) in [4.78, 5) is 17.2. The lowest BCUT2D eigenvalue weighted by Gasteiger charge is -2.36. The van der Waals surface area contributed by atoms with Crippen LogP contribution in [0.15, 0.2) is 24.5 Å². The summed E-state index contributed by atoms with van der Waals surface area (Å²) in [6.45, 7) is 11.5. The maximum absolute atomic E-state index is 12.8. The number of ether oxygens (including phenoxy) is 1. The quantitative estimate of drug-likeness (QED) is 0.815. The van der Waals surface area contributed by atoms with E-state index in [1.807, 2.05) is 36.4 Å². The minimum atomic E-state index is -0.502. The van der Waals surface area contributed by atoms with E-state index in [2.05, 4.69) is 33.6 Å². The van der Waals surface area contributed by atoms with Crippen LogP contribution in [0.25, 0.3) is 5.52 Å². The van der Waals surface area contributed by atoms with Crippen molar-refractivity contribution in [3.63, 3.8) is 0 Å². The maximum Gasteiger partial charge on any atom is 0.410 e. The monoisotopic (exact) mass is 413 g/mol. The Kier molecular flexibility index (Phi) is 6.29. The number of nitrogens with zero attached hydrogens (tertiary/aromatic N) is 4. The van der Waals surface area contributed by atoms with Gasteiger partial charge in [0.25, 0.3) is 0 Å². The van der Waals surface area contributed by atoms with Crippen LogP contribution in [-0.2, 0) is 11.2 Å². The van der Waals surface area contributed by atoms with Crippen LogP contribution in [-0.4, -0.2) is 70.4 Å². The molecule has 1 atom stereocenters. The van der Waals surface area contributed by atoms with E-state index in [1.165, 1.54) is 44.5 Å². The maximum atomic E-state index is 12.8. The number of pyridine rings is 1. The van der Waals surface area contributed by atoms with Gasteiger partial charge in [0.05, 0.1) is 17.8 Å². The molecule has 0 saturated carbocycles. The van der Waals surface area contributed by atoms with Gasteiger partial charge in [-0.1, -0.05) is 6.07 Å². The predicted molar refractivity (Wildman–Crippen MR) is 118 cm³/mol. The molecule has 2 aliphatic heterocycles. The lowest BCUT2D eigenvalue weighted by Crippen LogP contribution is -2.50. The number of amides is 1. The van der Waals surface area contributed by atoms with E-state index in [-0.39, 0.29) is 12.1 Å². The van der Waals surface area contributed by atoms with Crippen molar-refractivity contribution in [3.05, 3.63) is 35.7 Å². The molecule has 0 aromatic carbocycles. The summed E-state index contributed by atoms with van der Waals surface area (Å²) < 4.78 is 7.61. The number of aromatic nitrogens is 2. The molecule has 30 heavy (non-hydrogen) atoms. The van der Waals surface area contributed by atoms with Crippen molar-refractivity contribution < 1.29 is 9.53 Å². The summed E-state index contributed by atoms with van der Waals surface area (Å²) in [5.41, 5.74) is 2.93. The first kappa shape index (κ1) is 21.1. The molecule has 4 rings (SSSR count). The fourth-order valence-electron chi connectivity index (χ4n) is 4.49. The van der Waals surface area contributed by atoms with E-state index in [0.717, 1.165) is 24.0 Å². The van der Waals surface area contributed by atoms with Gasteiger partial charge >= 0.3 is 6.09 Å². The molecule has 2 aromatic rings. The van der Waals surface area contributed by atoms with Gasteiger partial charge in [-0.2, -0.15) is 5.10 Å². The van der Waals surface area contributed by atoms with Crippen LogP contribution < -0.4 is 5.32 Å². The van der Waals surface area contributed by atoms with Gasteiger partial charge in [-0.25, -0.2) is 9.31 Å². The third-order valence-electron chi connectivity index (χ3n) is 5.98. The molecule has 164 valence electrons. The highest BCUT2D eigenvalue weighted by Crippen LogP contribution is 2.28. The van der Waals surface area contributed by atoms with Crippen LogP contribution >= 0.6 is 0 Å². The minimum Gasteiger partial charge on any atom is -0.444 e. The van der Waals surface area contributed by atoms with Gasteiger partial charge in [0.15, 0.2) is 0 Å². The van der Waals surface area contributed by atoms with Crippen LogP contribution in [0.2, 0.25) is 0 Å². The topological polar surface area (TPSA) is 62.1 Å². The van der Waals surface area contributed by atoms with Crippen molar-refractivity contribution in [2.24, 2.45) is 0 Å². The molecule has 7 heteroatoms. The van der Waals surface area contributed by atoms with Crippen molar-refractivity contribution in [1.82, 2.24) is 24.7 Å². The van der Waals surface area contributed by atoms with Gasteiger partial charge in [0, 0.05) is 31.4 Å². The SMILES string of the molecule is CC(C)(C)OC(=O)N1CCNCC1c1cnn2cc(CCCN3CCCC3)ccc12. The zero-order valence-corrected chi connectivity index (χ0v) is 18.6. The molecule has 4 heterocycles. The Morgan fingerprint density at radius 2 is 2.03 bits per heavy atom. The Morgan fingerprint density at radius 3 is 2.80 bits per heavy atom. The average molecular weight is 414 g/mol. The van der Waals surface area contributed by atoms with E-state index in [4.69, 9.17) is 4.74 Å². The van der Waals surface area contributed by atoms with Crippen LogP contribution in [0.5, 0.6) is 0 Å². The number of rotatable bonds is 5. The van der Waals surface area contributed by atoms with Crippen molar-refractivity contribution in [2.45, 2.75) is 58.1 Å². The van der Waals surface area contributed by atoms with Crippen molar-refractivity contribution in [3.8, 4) is 0 Å². The summed E-state index contributed by atoms with van der Waals surface area (Å²) in [5, 5.41) is 8.02. The first-order valence-electron chi connectivity index (χ1n) is 11.3. The molecule has 0 aliphatic carbocycles. The number of carbonyl (C=O) groups is 1. The third-order valence-corrected chi connectivity index (χ3v) is 5.98.